The first-order valence-corrected chi connectivity index (χ1v) is 6.71. The maximum Gasteiger partial charge on any atom is 0.0942 e. The fourth-order valence-corrected chi connectivity index (χ4v) is 2.43. The monoisotopic (exact) mass is 249 g/mol. The average Bonchev–Trinajstić information content (AvgIpc) is 3.24. The SMILES string of the molecule is COCCN(C1CC1)C(C)C(O)c1ccccc1. The van der Waals surface area contributed by atoms with Crippen LogP contribution in [-0.4, -0.2) is 42.4 Å². The molecule has 1 aromatic rings. The molecule has 1 aliphatic rings. The molecule has 2 unspecified atom stereocenters. The molecule has 3 nitrogen and oxygen atoms in total. The lowest BCUT2D eigenvalue weighted by Crippen LogP contribution is -2.41. The van der Waals surface area contributed by atoms with Crippen molar-refractivity contribution in [2.75, 3.05) is 20.3 Å². The van der Waals surface area contributed by atoms with Gasteiger partial charge in [0.25, 0.3) is 0 Å². The molecule has 0 heterocycles. The van der Waals surface area contributed by atoms with Gasteiger partial charge in [-0.25, -0.2) is 0 Å². The lowest BCUT2D eigenvalue weighted by Gasteiger charge is -2.32. The summed E-state index contributed by atoms with van der Waals surface area (Å²) in [5, 5.41) is 10.5. The minimum Gasteiger partial charge on any atom is -0.387 e. The highest BCUT2D eigenvalue weighted by Crippen LogP contribution is 2.32. The molecule has 2 rings (SSSR count). The Hall–Kier alpha value is -0.900. The fourth-order valence-electron chi connectivity index (χ4n) is 2.43. The number of benzene rings is 1. The molecule has 1 N–H and O–H groups in total. The first-order valence-electron chi connectivity index (χ1n) is 6.71. The smallest absolute Gasteiger partial charge is 0.0942 e. The van der Waals surface area contributed by atoms with Crippen LogP contribution in [0.15, 0.2) is 30.3 Å². The normalized spacial score (nSPS) is 18.9. The summed E-state index contributed by atoms with van der Waals surface area (Å²) < 4.78 is 5.16. The number of nitrogens with zero attached hydrogens (tertiary/aromatic N) is 1. The summed E-state index contributed by atoms with van der Waals surface area (Å²) in [5.74, 6) is 0. The third-order valence-corrected chi connectivity index (χ3v) is 3.69. The van der Waals surface area contributed by atoms with Gasteiger partial charge in [-0.1, -0.05) is 30.3 Å². The van der Waals surface area contributed by atoms with Gasteiger partial charge in [0, 0.05) is 25.7 Å². The van der Waals surface area contributed by atoms with Gasteiger partial charge in [0.15, 0.2) is 0 Å². The second-order valence-electron chi connectivity index (χ2n) is 5.06. The Kier molecular flexibility index (Phi) is 4.75. The highest BCUT2D eigenvalue weighted by atomic mass is 16.5. The van der Waals surface area contributed by atoms with Crippen molar-refractivity contribution < 1.29 is 9.84 Å². The van der Waals surface area contributed by atoms with Crippen molar-refractivity contribution in [3.8, 4) is 0 Å². The molecule has 0 spiro atoms. The third kappa shape index (κ3) is 3.31. The van der Waals surface area contributed by atoms with E-state index in [0.717, 1.165) is 18.7 Å². The van der Waals surface area contributed by atoms with Crippen molar-refractivity contribution in [2.24, 2.45) is 0 Å². The van der Waals surface area contributed by atoms with Gasteiger partial charge in [-0.05, 0) is 25.3 Å². The topological polar surface area (TPSA) is 32.7 Å². The molecule has 0 saturated heterocycles. The van der Waals surface area contributed by atoms with Crippen molar-refractivity contribution in [1.82, 2.24) is 4.90 Å². The molecule has 3 heteroatoms. The zero-order chi connectivity index (χ0) is 13.0. The Balaban J connectivity index is 2.01. The van der Waals surface area contributed by atoms with E-state index in [1.54, 1.807) is 7.11 Å². The lowest BCUT2D eigenvalue weighted by atomic mass is 10.0. The van der Waals surface area contributed by atoms with Crippen LogP contribution in [0.2, 0.25) is 0 Å². The molecule has 1 aromatic carbocycles. The van der Waals surface area contributed by atoms with Gasteiger partial charge < -0.3 is 9.84 Å². The lowest BCUT2D eigenvalue weighted by molar-refractivity contribution is 0.0368. The van der Waals surface area contributed by atoms with Crippen LogP contribution < -0.4 is 0 Å². The Morgan fingerprint density at radius 3 is 2.56 bits per heavy atom. The van der Waals surface area contributed by atoms with Crippen LogP contribution in [0.1, 0.15) is 31.4 Å². The maximum absolute atomic E-state index is 10.5. The minimum absolute atomic E-state index is 0.134. The molecule has 0 aromatic heterocycles. The highest BCUT2D eigenvalue weighted by molar-refractivity contribution is 5.18. The summed E-state index contributed by atoms with van der Waals surface area (Å²) >= 11 is 0. The standard InChI is InChI=1S/C15H23NO2/c1-12(15(17)13-6-4-3-5-7-13)16(10-11-18-2)14-8-9-14/h3-7,12,14-15,17H,8-11H2,1-2H3. The van der Waals surface area contributed by atoms with Crippen molar-refractivity contribution >= 4 is 0 Å². The van der Waals surface area contributed by atoms with E-state index >= 15 is 0 Å². The molecule has 2 atom stereocenters. The predicted octanol–water partition coefficient (Wildman–Crippen LogP) is 2.22. The van der Waals surface area contributed by atoms with E-state index < -0.39 is 6.10 Å². The van der Waals surface area contributed by atoms with E-state index in [4.69, 9.17) is 4.74 Å². The number of aliphatic hydroxyl groups excluding tert-OH is 1. The molecule has 1 aliphatic carbocycles. The number of ether oxygens (including phenoxy) is 1. The van der Waals surface area contributed by atoms with Crippen LogP contribution in [0.4, 0.5) is 0 Å². The van der Waals surface area contributed by atoms with Crippen LogP contribution in [0.3, 0.4) is 0 Å². The van der Waals surface area contributed by atoms with Gasteiger partial charge in [-0.2, -0.15) is 0 Å². The van der Waals surface area contributed by atoms with Crippen LogP contribution in [-0.2, 0) is 4.74 Å². The molecule has 18 heavy (non-hydrogen) atoms. The second kappa shape index (κ2) is 6.32. The Morgan fingerprint density at radius 2 is 2.00 bits per heavy atom. The maximum atomic E-state index is 10.5. The molecule has 0 radical (unpaired) electrons. The first-order chi connectivity index (χ1) is 8.74. The van der Waals surface area contributed by atoms with Crippen LogP contribution in [0.5, 0.6) is 0 Å². The van der Waals surface area contributed by atoms with E-state index in [2.05, 4.69) is 11.8 Å². The summed E-state index contributed by atoms with van der Waals surface area (Å²) in [6.45, 7) is 3.72. The van der Waals surface area contributed by atoms with Crippen LogP contribution >= 0.6 is 0 Å². The van der Waals surface area contributed by atoms with Gasteiger partial charge in [-0.3, -0.25) is 4.90 Å². The average molecular weight is 249 g/mol. The number of rotatable bonds is 7. The van der Waals surface area contributed by atoms with Crippen molar-refractivity contribution in [2.45, 2.75) is 38.0 Å². The molecule has 0 bridgehead atoms. The van der Waals surface area contributed by atoms with E-state index in [1.807, 2.05) is 30.3 Å². The van der Waals surface area contributed by atoms with E-state index in [1.165, 1.54) is 12.8 Å². The van der Waals surface area contributed by atoms with E-state index in [0.29, 0.717) is 6.04 Å². The molecule has 100 valence electrons. The summed E-state index contributed by atoms with van der Waals surface area (Å²) in [7, 11) is 1.73. The molecule has 1 saturated carbocycles. The third-order valence-electron chi connectivity index (χ3n) is 3.69. The largest absolute Gasteiger partial charge is 0.387 e. The summed E-state index contributed by atoms with van der Waals surface area (Å²) in [4.78, 5) is 2.38. The number of aliphatic hydroxyl groups is 1. The first kappa shape index (κ1) is 13.5. The van der Waals surface area contributed by atoms with Gasteiger partial charge in [0.2, 0.25) is 0 Å². The Bertz CT molecular complexity index is 351. The van der Waals surface area contributed by atoms with Crippen LogP contribution in [0, 0.1) is 0 Å². The zero-order valence-electron chi connectivity index (χ0n) is 11.2. The van der Waals surface area contributed by atoms with Crippen LogP contribution in [0.25, 0.3) is 0 Å². The quantitative estimate of drug-likeness (QED) is 0.804. The molecule has 0 amide bonds. The van der Waals surface area contributed by atoms with Gasteiger partial charge in [0.1, 0.15) is 0 Å². The Morgan fingerprint density at radius 1 is 1.33 bits per heavy atom. The molecular formula is C15H23NO2. The van der Waals surface area contributed by atoms with Gasteiger partial charge in [0.05, 0.1) is 12.7 Å². The predicted molar refractivity (Wildman–Crippen MR) is 72.5 cm³/mol. The fraction of sp³-hybridized carbons (Fsp3) is 0.600. The Labute approximate surface area is 109 Å². The van der Waals surface area contributed by atoms with E-state index in [-0.39, 0.29) is 6.04 Å². The van der Waals surface area contributed by atoms with Crippen molar-refractivity contribution in [1.29, 1.82) is 0 Å². The second-order valence-corrected chi connectivity index (χ2v) is 5.06. The highest BCUT2D eigenvalue weighted by Gasteiger charge is 2.34. The zero-order valence-corrected chi connectivity index (χ0v) is 11.2. The van der Waals surface area contributed by atoms with Gasteiger partial charge in [-0.15, -0.1) is 0 Å². The number of methoxy groups -OCH3 is 1. The van der Waals surface area contributed by atoms with E-state index in [9.17, 15) is 5.11 Å². The van der Waals surface area contributed by atoms with Crippen molar-refractivity contribution in [3.63, 3.8) is 0 Å². The number of hydrogen-bond acceptors (Lipinski definition) is 3. The molecule has 1 fully saturated rings. The summed E-state index contributed by atoms with van der Waals surface area (Å²) in [6, 6.07) is 10.7. The summed E-state index contributed by atoms with van der Waals surface area (Å²) in [5.41, 5.74) is 0.994. The van der Waals surface area contributed by atoms with Crippen molar-refractivity contribution in [3.05, 3.63) is 35.9 Å². The number of hydrogen-bond donors (Lipinski definition) is 1. The molecule has 0 aliphatic heterocycles. The minimum atomic E-state index is -0.427. The van der Waals surface area contributed by atoms with Gasteiger partial charge >= 0.3 is 0 Å². The summed E-state index contributed by atoms with van der Waals surface area (Å²) in [6.07, 6.45) is 2.06. The molecular weight excluding hydrogens is 226 g/mol.